The van der Waals surface area contributed by atoms with Crippen molar-refractivity contribution in [3.63, 3.8) is 0 Å². The molecular formula is C19H24ClN3O4. The number of carbonyl (C=O) groups is 3. The molecule has 2 heterocycles. The van der Waals surface area contributed by atoms with Crippen LogP contribution >= 0.6 is 11.6 Å². The van der Waals surface area contributed by atoms with Gasteiger partial charge in [-0.05, 0) is 43.5 Å². The van der Waals surface area contributed by atoms with Crippen molar-refractivity contribution in [2.75, 3.05) is 39.3 Å². The molecular weight excluding hydrogens is 370 g/mol. The van der Waals surface area contributed by atoms with E-state index < -0.39 is 6.10 Å². The molecule has 0 bridgehead atoms. The highest BCUT2D eigenvalue weighted by molar-refractivity contribution is 6.30. The molecule has 0 spiro atoms. The maximum absolute atomic E-state index is 12.5. The molecule has 0 aliphatic carbocycles. The van der Waals surface area contributed by atoms with E-state index in [-0.39, 0.29) is 24.3 Å². The van der Waals surface area contributed by atoms with Gasteiger partial charge in [-0.3, -0.25) is 14.4 Å². The van der Waals surface area contributed by atoms with E-state index in [0.29, 0.717) is 49.7 Å². The zero-order valence-corrected chi connectivity index (χ0v) is 15.9. The molecule has 0 radical (unpaired) electrons. The number of aliphatic hydroxyl groups is 1. The zero-order valence-electron chi connectivity index (χ0n) is 15.1. The van der Waals surface area contributed by atoms with Gasteiger partial charge >= 0.3 is 0 Å². The Morgan fingerprint density at radius 1 is 1.00 bits per heavy atom. The number of hydrogen-bond donors (Lipinski definition) is 1. The highest BCUT2D eigenvalue weighted by Gasteiger charge is 2.30. The SMILES string of the molecule is O=C(CN1CCCCC(O)C1=O)N1CCN(C(=O)c2ccc(Cl)cc2)CC1. The van der Waals surface area contributed by atoms with Crippen LogP contribution in [0.1, 0.15) is 29.6 Å². The Morgan fingerprint density at radius 3 is 2.30 bits per heavy atom. The molecule has 3 rings (SSSR count). The van der Waals surface area contributed by atoms with E-state index in [0.717, 1.165) is 12.8 Å². The number of halogens is 1. The lowest BCUT2D eigenvalue weighted by molar-refractivity contribution is -0.145. The monoisotopic (exact) mass is 393 g/mol. The Kier molecular flexibility index (Phi) is 6.34. The molecule has 0 saturated carbocycles. The van der Waals surface area contributed by atoms with Gasteiger partial charge in [0.1, 0.15) is 6.10 Å². The van der Waals surface area contributed by atoms with Crippen LogP contribution in [0.4, 0.5) is 0 Å². The van der Waals surface area contributed by atoms with Crippen LogP contribution in [0.2, 0.25) is 5.02 Å². The highest BCUT2D eigenvalue weighted by atomic mass is 35.5. The molecule has 27 heavy (non-hydrogen) atoms. The lowest BCUT2D eigenvalue weighted by Crippen LogP contribution is -2.53. The van der Waals surface area contributed by atoms with Gasteiger partial charge in [-0.2, -0.15) is 0 Å². The van der Waals surface area contributed by atoms with Crippen molar-refractivity contribution >= 4 is 29.3 Å². The Labute approximate surface area is 163 Å². The van der Waals surface area contributed by atoms with E-state index in [2.05, 4.69) is 0 Å². The third kappa shape index (κ3) is 4.78. The molecule has 1 N–H and O–H groups in total. The first-order valence-electron chi connectivity index (χ1n) is 9.25. The lowest BCUT2D eigenvalue weighted by Gasteiger charge is -2.36. The van der Waals surface area contributed by atoms with Crippen LogP contribution in [-0.2, 0) is 9.59 Å². The van der Waals surface area contributed by atoms with Crippen LogP contribution in [0, 0.1) is 0 Å². The first kappa shape index (κ1) is 19.6. The van der Waals surface area contributed by atoms with Crippen molar-refractivity contribution in [2.24, 2.45) is 0 Å². The number of rotatable bonds is 3. The zero-order chi connectivity index (χ0) is 19.4. The number of benzene rings is 1. The van der Waals surface area contributed by atoms with Crippen molar-refractivity contribution in [3.05, 3.63) is 34.9 Å². The molecule has 1 atom stereocenters. The van der Waals surface area contributed by atoms with E-state index in [4.69, 9.17) is 11.6 Å². The maximum Gasteiger partial charge on any atom is 0.253 e. The molecule has 2 fully saturated rings. The second-order valence-electron chi connectivity index (χ2n) is 6.95. The van der Waals surface area contributed by atoms with Crippen LogP contribution in [0.15, 0.2) is 24.3 Å². The molecule has 1 aromatic carbocycles. The molecule has 146 valence electrons. The molecule has 2 aliphatic rings. The van der Waals surface area contributed by atoms with Gasteiger partial charge in [0.2, 0.25) is 5.91 Å². The van der Waals surface area contributed by atoms with E-state index in [1.54, 1.807) is 34.1 Å². The van der Waals surface area contributed by atoms with Crippen molar-refractivity contribution in [3.8, 4) is 0 Å². The summed E-state index contributed by atoms with van der Waals surface area (Å²) in [7, 11) is 0. The number of carbonyl (C=O) groups excluding carboxylic acids is 3. The number of likely N-dealkylation sites (tertiary alicyclic amines) is 1. The summed E-state index contributed by atoms with van der Waals surface area (Å²) in [6.07, 6.45) is 1.02. The van der Waals surface area contributed by atoms with Gasteiger partial charge in [-0.1, -0.05) is 11.6 Å². The summed E-state index contributed by atoms with van der Waals surface area (Å²) in [4.78, 5) is 42.0. The van der Waals surface area contributed by atoms with Gasteiger partial charge in [0.05, 0.1) is 6.54 Å². The van der Waals surface area contributed by atoms with Crippen LogP contribution in [-0.4, -0.2) is 82.9 Å². The summed E-state index contributed by atoms with van der Waals surface area (Å²) in [6, 6.07) is 6.75. The van der Waals surface area contributed by atoms with Crippen molar-refractivity contribution in [1.29, 1.82) is 0 Å². The van der Waals surface area contributed by atoms with E-state index in [1.807, 2.05) is 0 Å². The first-order valence-corrected chi connectivity index (χ1v) is 9.63. The fraction of sp³-hybridized carbons (Fsp3) is 0.526. The summed E-state index contributed by atoms with van der Waals surface area (Å²) in [5, 5.41) is 10.4. The predicted molar refractivity (Wildman–Crippen MR) is 100 cm³/mol. The minimum Gasteiger partial charge on any atom is -0.383 e. The van der Waals surface area contributed by atoms with Crippen molar-refractivity contribution in [2.45, 2.75) is 25.4 Å². The first-order chi connectivity index (χ1) is 13.0. The van der Waals surface area contributed by atoms with Gasteiger partial charge < -0.3 is 19.8 Å². The number of piperazine rings is 1. The van der Waals surface area contributed by atoms with E-state index in [1.165, 1.54) is 4.90 Å². The average Bonchev–Trinajstić information content (AvgIpc) is 2.84. The average molecular weight is 394 g/mol. The van der Waals surface area contributed by atoms with Crippen LogP contribution in [0.5, 0.6) is 0 Å². The third-order valence-electron chi connectivity index (χ3n) is 5.09. The number of nitrogens with zero attached hydrogens (tertiary/aromatic N) is 3. The number of aliphatic hydroxyl groups excluding tert-OH is 1. The summed E-state index contributed by atoms with van der Waals surface area (Å²) < 4.78 is 0. The maximum atomic E-state index is 12.5. The van der Waals surface area contributed by atoms with Crippen molar-refractivity contribution in [1.82, 2.24) is 14.7 Å². The Hall–Kier alpha value is -2.12. The summed E-state index contributed by atoms with van der Waals surface area (Å²) >= 11 is 5.85. The molecule has 8 heteroatoms. The molecule has 1 aromatic rings. The minimum absolute atomic E-state index is 0.0129. The van der Waals surface area contributed by atoms with Crippen molar-refractivity contribution < 1.29 is 19.5 Å². The van der Waals surface area contributed by atoms with Crippen LogP contribution in [0.3, 0.4) is 0 Å². The number of amides is 3. The van der Waals surface area contributed by atoms with Gasteiger partial charge in [-0.25, -0.2) is 0 Å². The Morgan fingerprint density at radius 2 is 1.63 bits per heavy atom. The van der Waals surface area contributed by atoms with Crippen LogP contribution < -0.4 is 0 Å². The minimum atomic E-state index is -1.01. The molecule has 1 unspecified atom stereocenters. The molecule has 7 nitrogen and oxygen atoms in total. The highest BCUT2D eigenvalue weighted by Crippen LogP contribution is 2.15. The quantitative estimate of drug-likeness (QED) is 0.830. The molecule has 2 aliphatic heterocycles. The summed E-state index contributed by atoms with van der Waals surface area (Å²) in [6.45, 7) is 2.25. The standard InChI is InChI=1S/C19H24ClN3O4/c20-15-6-4-14(5-7-15)18(26)22-11-9-21(10-12-22)17(25)13-23-8-2-1-3-16(24)19(23)27/h4-7,16,24H,1-3,8-13H2. The fourth-order valence-electron chi connectivity index (χ4n) is 3.44. The largest absolute Gasteiger partial charge is 0.383 e. The predicted octanol–water partition coefficient (Wildman–Crippen LogP) is 0.998. The third-order valence-corrected chi connectivity index (χ3v) is 5.34. The second-order valence-corrected chi connectivity index (χ2v) is 7.39. The topological polar surface area (TPSA) is 81.2 Å². The Balaban J connectivity index is 1.52. The molecule has 2 saturated heterocycles. The van der Waals surface area contributed by atoms with Gasteiger partial charge in [0.25, 0.3) is 11.8 Å². The fourth-order valence-corrected chi connectivity index (χ4v) is 3.56. The Bertz CT molecular complexity index is 701. The molecule has 0 aromatic heterocycles. The lowest BCUT2D eigenvalue weighted by atomic mass is 10.2. The normalized spacial score (nSPS) is 21.2. The number of hydrogen-bond acceptors (Lipinski definition) is 4. The second kappa shape index (κ2) is 8.71. The summed E-state index contributed by atoms with van der Waals surface area (Å²) in [5.74, 6) is -0.585. The van der Waals surface area contributed by atoms with Gasteiger partial charge in [-0.15, -0.1) is 0 Å². The van der Waals surface area contributed by atoms with E-state index in [9.17, 15) is 19.5 Å². The summed E-state index contributed by atoms with van der Waals surface area (Å²) in [5.41, 5.74) is 0.573. The van der Waals surface area contributed by atoms with E-state index >= 15 is 0 Å². The smallest absolute Gasteiger partial charge is 0.253 e. The van der Waals surface area contributed by atoms with Gasteiger partial charge in [0, 0.05) is 43.3 Å². The molecule has 3 amide bonds. The van der Waals surface area contributed by atoms with Gasteiger partial charge in [0.15, 0.2) is 0 Å². The van der Waals surface area contributed by atoms with Crippen LogP contribution in [0.25, 0.3) is 0 Å².